The molecule has 1 saturated heterocycles. The highest BCUT2D eigenvalue weighted by Crippen LogP contribution is 2.16. The average molecular weight is 197 g/mol. The summed E-state index contributed by atoms with van der Waals surface area (Å²) in [5.41, 5.74) is 0. The number of hydrogen-bond acceptors (Lipinski definition) is 2. The summed E-state index contributed by atoms with van der Waals surface area (Å²) in [6.07, 6.45) is 8.19. The van der Waals surface area contributed by atoms with Gasteiger partial charge in [0.25, 0.3) is 0 Å². The molecule has 0 aliphatic carbocycles. The second kappa shape index (κ2) is 5.86. The lowest BCUT2D eigenvalue weighted by molar-refractivity contribution is -0.117. The van der Waals surface area contributed by atoms with Crippen molar-refractivity contribution in [2.24, 2.45) is 0 Å². The molecule has 0 saturated carbocycles. The zero-order chi connectivity index (χ0) is 9.52. The predicted molar refractivity (Wildman–Crippen MR) is 57.8 cm³/mol. The molecule has 0 aromatic heterocycles. The average Bonchev–Trinajstić information content (AvgIpc) is 2.57. The van der Waals surface area contributed by atoms with Crippen LogP contribution < -0.4 is 5.32 Å². The smallest absolute Gasteiger partial charge is 0.244 e. The van der Waals surface area contributed by atoms with Crippen molar-refractivity contribution in [1.29, 1.82) is 0 Å². The van der Waals surface area contributed by atoms with Gasteiger partial charge in [0.05, 0.1) is 0 Å². The summed E-state index contributed by atoms with van der Waals surface area (Å²) in [7, 11) is 0. The van der Waals surface area contributed by atoms with E-state index in [1.54, 1.807) is 12.2 Å². The zero-order valence-electron chi connectivity index (χ0n) is 7.82. The van der Waals surface area contributed by atoms with E-state index < -0.39 is 0 Å². The van der Waals surface area contributed by atoms with E-state index in [9.17, 15) is 4.79 Å². The molecule has 1 aliphatic heterocycles. The lowest BCUT2D eigenvalue weighted by atomic mass is 10.2. The summed E-state index contributed by atoms with van der Waals surface area (Å²) >= 11 is 1.90. The highest BCUT2D eigenvalue weighted by molar-refractivity contribution is 7.99. The highest BCUT2D eigenvalue weighted by Gasteiger charge is 2.15. The molecule has 0 aromatic carbocycles. The Bertz CT molecular complexity index is 217. The van der Waals surface area contributed by atoms with E-state index in [0.29, 0.717) is 6.04 Å². The van der Waals surface area contributed by atoms with Gasteiger partial charge in [-0.2, -0.15) is 11.8 Å². The number of allylic oxidation sites excluding steroid dienone is 3. The summed E-state index contributed by atoms with van der Waals surface area (Å²) in [6, 6.07) is 0.382. The second-order valence-electron chi connectivity index (χ2n) is 2.95. The first kappa shape index (κ1) is 10.4. The molecule has 2 nitrogen and oxygen atoms in total. The fraction of sp³-hybridized carbons (Fsp3) is 0.500. The van der Waals surface area contributed by atoms with E-state index >= 15 is 0 Å². The molecule has 13 heavy (non-hydrogen) atoms. The zero-order valence-corrected chi connectivity index (χ0v) is 8.64. The molecule has 1 aliphatic rings. The van der Waals surface area contributed by atoms with E-state index in [4.69, 9.17) is 0 Å². The van der Waals surface area contributed by atoms with Crippen molar-refractivity contribution in [2.45, 2.75) is 19.4 Å². The first-order valence-corrected chi connectivity index (χ1v) is 5.66. The van der Waals surface area contributed by atoms with Gasteiger partial charge in [0.1, 0.15) is 0 Å². The lowest BCUT2D eigenvalue weighted by Gasteiger charge is -2.07. The van der Waals surface area contributed by atoms with Crippen LogP contribution in [0.1, 0.15) is 13.3 Å². The molecule has 1 unspecified atom stereocenters. The van der Waals surface area contributed by atoms with Crippen LogP contribution in [-0.4, -0.2) is 23.5 Å². The van der Waals surface area contributed by atoms with E-state index in [1.165, 1.54) is 5.75 Å². The van der Waals surface area contributed by atoms with Crippen LogP contribution in [0, 0.1) is 0 Å². The fourth-order valence-electron chi connectivity index (χ4n) is 1.15. The van der Waals surface area contributed by atoms with Crippen LogP contribution in [-0.2, 0) is 4.79 Å². The molecule has 1 fully saturated rings. The Morgan fingerprint density at radius 2 is 2.38 bits per heavy atom. The van der Waals surface area contributed by atoms with Gasteiger partial charge in [-0.3, -0.25) is 4.79 Å². The summed E-state index contributed by atoms with van der Waals surface area (Å²) in [5, 5.41) is 2.96. The van der Waals surface area contributed by atoms with E-state index in [2.05, 4.69) is 5.32 Å². The number of thioether (sulfide) groups is 1. The van der Waals surface area contributed by atoms with Crippen molar-refractivity contribution in [2.75, 3.05) is 11.5 Å². The summed E-state index contributed by atoms with van der Waals surface area (Å²) in [4.78, 5) is 11.2. The molecule has 1 heterocycles. The second-order valence-corrected chi connectivity index (χ2v) is 4.10. The molecule has 1 amide bonds. The topological polar surface area (TPSA) is 29.1 Å². The van der Waals surface area contributed by atoms with Crippen molar-refractivity contribution in [1.82, 2.24) is 5.32 Å². The van der Waals surface area contributed by atoms with E-state index in [-0.39, 0.29) is 5.91 Å². The molecular formula is C10H15NOS. The van der Waals surface area contributed by atoms with Crippen molar-refractivity contribution in [3.8, 4) is 0 Å². The van der Waals surface area contributed by atoms with Crippen LogP contribution in [0.2, 0.25) is 0 Å². The minimum Gasteiger partial charge on any atom is -0.349 e. The molecular weight excluding hydrogens is 182 g/mol. The maximum Gasteiger partial charge on any atom is 0.244 e. The number of carbonyl (C=O) groups excluding carboxylic acids is 1. The normalized spacial score (nSPS) is 23.0. The Labute approximate surface area is 83.5 Å². The molecule has 0 bridgehead atoms. The van der Waals surface area contributed by atoms with Gasteiger partial charge in [0, 0.05) is 17.9 Å². The Morgan fingerprint density at radius 3 is 3.00 bits per heavy atom. The van der Waals surface area contributed by atoms with Gasteiger partial charge in [-0.15, -0.1) is 0 Å². The van der Waals surface area contributed by atoms with Crippen LogP contribution in [0.3, 0.4) is 0 Å². The summed E-state index contributed by atoms with van der Waals surface area (Å²) in [5.74, 6) is 2.25. The Balaban J connectivity index is 2.23. The molecule has 1 rings (SSSR count). The predicted octanol–water partition coefficient (Wildman–Crippen LogP) is 1.74. The van der Waals surface area contributed by atoms with Crippen LogP contribution in [0.25, 0.3) is 0 Å². The van der Waals surface area contributed by atoms with Crippen molar-refractivity contribution in [3.63, 3.8) is 0 Å². The molecule has 0 radical (unpaired) electrons. The highest BCUT2D eigenvalue weighted by atomic mass is 32.2. The quantitative estimate of drug-likeness (QED) is 0.551. The van der Waals surface area contributed by atoms with Crippen LogP contribution in [0.4, 0.5) is 0 Å². The van der Waals surface area contributed by atoms with Crippen LogP contribution in [0.5, 0.6) is 0 Å². The number of rotatable bonds is 3. The number of amides is 1. The third-order valence-electron chi connectivity index (χ3n) is 1.83. The molecule has 0 aromatic rings. The third-order valence-corrected chi connectivity index (χ3v) is 2.99. The van der Waals surface area contributed by atoms with Gasteiger partial charge in [0.15, 0.2) is 0 Å². The summed E-state index contributed by atoms with van der Waals surface area (Å²) < 4.78 is 0. The van der Waals surface area contributed by atoms with Gasteiger partial charge in [-0.1, -0.05) is 18.2 Å². The SMILES string of the molecule is C/C=C/C=C/C(=O)NC1CCSC1. The molecule has 0 spiro atoms. The molecule has 1 N–H and O–H groups in total. The standard InChI is InChI=1S/C10H15NOS/c1-2-3-4-5-10(12)11-9-6-7-13-8-9/h2-5,9H,6-8H2,1H3,(H,11,12)/b3-2+,5-4+. The van der Waals surface area contributed by atoms with Crippen LogP contribution >= 0.6 is 11.8 Å². The number of hydrogen-bond donors (Lipinski definition) is 1. The third kappa shape index (κ3) is 4.18. The monoisotopic (exact) mass is 197 g/mol. The minimum atomic E-state index is 0.0191. The van der Waals surface area contributed by atoms with Crippen molar-refractivity contribution in [3.05, 3.63) is 24.3 Å². The molecule has 3 heteroatoms. The van der Waals surface area contributed by atoms with Crippen LogP contribution in [0.15, 0.2) is 24.3 Å². The van der Waals surface area contributed by atoms with Gasteiger partial charge >= 0.3 is 0 Å². The largest absolute Gasteiger partial charge is 0.349 e. The fourth-order valence-corrected chi connectivity index (χ4v) is 2.30. The Hall–Kier alpha value is -0.700. The molecule has 72 valence electrons. The number of nitrogens with one attached hydrogen (secondary N) is 1. The lowest BCUT2D eigenvalue weighted by Crippen LogP contribution is -2.33. The van der Waals surface area contributed by atoms with E-state index in [1.807, 2.05) is 30.8 Å². The first-order valence-electron chi connectivity index (χ1n) is 4.50. The first-order chi connectivity index (χ1) is 6.33. The van der Waals surface area contributed by atoms with Gasteiger partial charge < -0.3 is 5.32 Å². The Kier molecular flexibility index (Phi) is 4.68. The maximum absolute atomic E-state index is 11.2. The van der Waals surface area contributed by atoms with Crippen molar-refractivity contribution >= 4 is 17.7 Å². The maximum atomic E-state index is 11.2. The number of carbonyl (C=O) groups is 1. The van der Waals surface area contributed by atoms with Crippen molar-refractivity contribution < 1.29 is 4.79 Å². The van der Waals surface area contributed by atoms with E-state index in [0.717, 1.165) is 12.2 Å². The minimum absolute atomic E-state index is 0.0191. The van der Waals surface area contributed by atoms with Gasteiger partial charge in [-0.25, -0.2) is 0 Å². The van der Waals surface area contributed by atoms with Gasteiger partial charge in [0.2, 0.25) is 5.91 Å². The Morgan fingerprint density at radius 1 is 1.54 bits per heavy atom. The summed E-state index contributed by atoms with van der Waals surface area (Å²) in [6.45, 7) is 1.93. The van der Waals surface area contributed by atoms with Gasteiger partial charge in [-0.05, 0) is 19.1 Å². The molecule has 1 atom stereocenters.